The fourth-order valence-electron chi connectivity index (χ4n) is 3.78. The molecule has 0 N–H and O–H groups in total. The smallest absolute Gasteiger partial charge is 0.255 e. The normalized spacial score (nSPS) is 16.8. The van der Waals surface area contributed by atoms with Gasteiger partial charge < -0.3 is 9.64 Å². The molecule has 1 heterocycles. The third kappa shape index (κ3) is 3.91. The van der Waals surface area contributed by atoms with Crippen LogP contribution in [0.3, 0.4) is 0 Å². The molecule has 0 saturated heterocycles. The minimum Gasteiger partial charge on any atom is -0.377 e. The highest BCUT2D eigenvalue weighted by Gasteiger charge is 2.38. The van der Waals surface area contributed by atoms with Gasteiger partial charge in [0.25, 0.3) is 5.91 Å². The summed E-state index contributed by atoms with van der Waals surface area (Å²) in [7, 11) is 1.67. The Morgan fingerprint density at radius 2 is 1.59 bits per heavy atom. The van der Waals surface area contributed by atoms with Crippen LogP contribution in [-0.4, -0.2) is 17.9 Å². The Balaban J connectivity index is 1.78. The van der Waals surface area contributed by atoms with E-state index in [4.69, 9.17) is 27.9 Å². The number of halogens is 2. The van der Waals surface area contributed by atoms with Crippen LogP contribution in [-0.2, 0) is 11.3 Å². The Hall–Kier alpha value is -2.33. The molecule has 29 heavy (non-hydrogen) atoms. The van der Waals surface area contributed by atoms with Gasteiger partial charge in [-0.2, -0.15) is 0 Å². The van der Waals surface area contributed by atoms with Crippen molar-refractivity contribution in [2.75, 3.05) is 7.11 Å². The van der Waals surface area contributed by atoms with Gasteiger partial charge in [0.1, 0.15) is 0 Å². The molecule has 4 rings (SSSR count). The van der Waals surface area contributed by atoms with Crippen molar-refractivity contribution in [1.29, 1.82) is 0 Å². The first kappa shape index (κ1) is 20.0. The van der Waals surface area contributed by atoms with Gasteiger partial charge in [-0.3, -0.25) is 4.79 Å². The second-order valence-corrected chi connectivity index (χ2v) is 8.11. The van der Waals surface area contributed by atoms with Crippen molar-refractivity contribution < 1.29 is 9.53 Å². The Morgan fingerprint density at radius 3 is 2.21 bits per heavy atom. The van der Waals surface area contributed by atoms with Crippen LogP contribution in [0.4, 0.5) is 0 Å². The van der Waals surface area contributed by atoms with Crippen molar-refractivity contribution in [3.8, 4) is 0 Å². The van der Waals surface area contributed by atoms with Gasteiger partial charge in [-0.1, -0.05) is 59.6 Å². The van der Waals surface area contributed by atoms with Crippen molar-refractivity contribution >= 4 is 29.1 Å². The monoisotopic (exact) mass is 425 g/mol. The summed E-state index contributed by atoms with van der Waals surface area (Å²) in [6.45, 7) is 2.47. The molecule has 148 valence electrons. The van der Waals surface area contributed by atoms with E-state index in [-0.39, 0.29) is 18.1 Å². The van der Waals surface area contributed by atoms with E-state index in [1.54, 1.807) is 7.11 Å². The molecule has 3 nitrogen and oxygen atoms in total. The van der Waals surface area contributed by atoms with Gasteiger partial charge in [0, 0.05) is 29.3 Å². The number of rotatable bonds is 5. The minimum atomic E-state index is -0.169. The van der Waals surface area contributed by atoms with Crippen LogP contribution >= 0.6 is 23.2 Å². The summed E-state index contributed by atoms with van der Waals surface area (Å²) in [5, 5.41) is 1.35. The van der Waals surface area contributed by atoms with Crippen molar-refractivity contribution in [2.45, 2.75) is 25.6 Å². The predicted octanol–water partition coefficient (Wildman–Crippen LogP) is 6.45. The standard InChI is InChI=1S/C24H21Cl2NO2/c1-15(29-2)18-7-12-21-22(13-18)24(28)27(14-16-3-8-19(25)9-4-16)23(21)17-5-10-20(26)11-6-17/h3-13,15,23H,14H2,1-2H3. The molecule has 1 aliphatic heterocycles. The van der Waals surface area contributed by atoms with Crippen LogP contribution in [0, 0.1) is 0 Å². The molecule has 5 heteroatoms. The maximum absolute atomic E-state index is 13.4. The molecule has 0 spiro atoms. The molecule has 0 saturated carbocycles. The van der Waals surface area contributed by atoms with Gasteiger partial charge in [-0.25, -0.2) is 0 Å². The molecule has 0 radical (unpaired) electrons. The number of fused-ring (bicyclic) bond motifs is 1. The highest BCUT2D eigenvalue weighted by molar-refractivity contribution is 6.30. The topological polar surface area (TPSA) is 29.5 Å². The van der Waals surface area contributed by atoms with Crippen LogP contribution in [0.1, 0.15) is 51.7 Å². The molecule has 1 aliphatic rings. The third-order valence-electron chi connectivity index (χ3n) is 5.45. The number of carbonyl (C=O) groups excluding carboxylic acids is 1. The van der Waals surface area contributed by atoms with E-state index in [1.807, 2.05) is 78.6 Å². The van der Waals surface area contributed by atoms with Crippen LogP contribution in [0.25, 0.3) is 0 Å². The summed E-state index contributed by atoms with van der Waals surface area (Å²) in [5.41, 5.74) is 4.77. The third-order valence-corrected chi connectivity index (χ3v) is 5.95. The average molecular weight is 426 g/mol. The molecular formula is C24H21Cl2NO2. The molecular weight excluding hydrogens is 405 g/mol. The van der Waals surface area contributed by atoms with E-state index in [9.17, 15) is 4.79 Å². The summed E-state index contributed by atoms with van der Waals surface area (Å²) >= 11 is 12.1. The van der Waals surface area contributed by atoms with Crippen LogP contribution in [0.2, 0.25) is 10.0 Å². The zero-order valence-corrected chi connectivity index (χ0v) is 17.7. The summed E-state index contributed by atoms with van der Waals surface area (Å²) in [4.78, 5) is 15.3. The number of hydrogen-bond acceptors (Lipinski definition) is 2. The lowest BCUT2D eigenvalue weighted by molar-refractivity contribution is 0.0735. The van der Waals surface area contributed by atoms with Gasteiger partial charge in [0.2, 0.25) is 0 Å². The highest BCUT2D eigenvalue weighted by atomic mass is 35.5. The number of ether oxygens (including phenoxy) is 1. The van der Waals surface area contributed by atoms with Crippen LogP contribution < -0.4 is 0 Å². The van der Waals surface area contributed by atoms with Crippen LogP contribution in [0.5, 0.6) is 0 Å². The average Bonchev–Trinajstić information content (AvgIpc) is 3.01. The van der Waals surface area contributed by atoms with Crippen molar-refractivity contribution in [2.24, 2.45) is 0 Å². The molecule has 2 unspecified atom stereocenters. The maximum atomic E-state index is 13.4. The first-order valence-electron chi connectivity index (χ1n) is 9.45. The second kappa shape index (κ2) is 8.19. The number of methoxy groups -OCH3 is 1. The van der Waals surface area contributed by atoms with Gasteiger partial charge >= 0.3 is 0 Å². The molecule has 0 bridgehead atoms. The zero-order valence-electron chi connectivity index (χ0n) is 16.2. The zero-order chi connectivity index (χ0) is 20.5. The molecule has 0 fully saturated rings. The van der Waals surface area contributed by atoms with E-state index in [2.05, 4.69) is 0 Å². The number of benzene rings is 3. The maximum Gasteiger partial charge on any atom is 0.255 e. The number of hydrogen-bond donors (Lipinski definition) is 0. The quantitative estimate of drug-likeness (QED) is 0.470. The second-order valence-electron chi connectivity index (χ2n) is 7.24. The number of amides is 1. The molecule has 2 atom stereocenters. The Morgan fingerprint density at radius 1 is 0.966 bits per heavy atom. The van der Waals surface area contributed by atoms with Gasteiger partial charge in [0.05, 0.1) is 12.1 Å². The Bertz CT molecular complexity index is 1030. The molecule has 3 aromatic carbocycles. The highest BCUT2D eigenvalue weighted by Crippen LogP contribution is 2.41. The molecule has 3 aromatic rings. The predicted molar refractivity (Wildman–Crippen MR) is 116 cm³/mol. The molecule has 0 aliphatic carbocycles. The lowest BCUT2D eigenvalue weighted by atomic mass is 9.95. The van der Waals surface area contributed by atoms with Crippen LogP contribution in [0.15, 0.2) is 66.7 Å². The Labute approximate surface area is 180 Å². The molecule has 1 amide bonds. The van der Waals surface area contributed by atoms with E-state index >= 15 is 0 Å². The summed E-state index contributed by atoms with van der Waals surface area (Å²) in [6, 6.07) is 21.2. The van der Waals surface area contributed by atoms with Crippen molar-refractivity contribution in [3.63, 3.8) is 0 Å². The summed E-state index contributed by atoms with van der Waals surface area (Å²) in [5.74, 6) is 0.0139. The Kier molecular flexibility index (Phi) is 5.64. The number of nitrogens with zero attached hydrogens (tertiary/aromatic N) is 1. The van der Waals surface area contributed by atoms with Crippen molar-refractivity contribution in [1.82, 2.24) is 4.90 Å². The van der Waals surface area contributed by atoms with Gasteiger partial charge in [-0.15, -0.1) is 0 Å². The van der Waals surface area contributed by atoms with E-state index in [0.29, 0.717) is 16.6 Å². The van der Waals surface area contributed by atoms with E-state index < -0.39 is 0 Å². The minimum absolute atomic E-state index is 0.0139. The lowest BCUT2D eigenvalue weighted by Gasteiger charge is -2.26. The molecule has 0 aromatic heterocycles. The lowest BCUT2D eigenvalue weighted by Crippen LogP contribution is -2.28. The summed E-state index contributed by atoms with van der Waals surface area (Å²) < 4.78 is 5.44. The van der Waals surface area contributed by atoms with Gasteiger partial charge in [0.15, 0.2) is 0 Å². The van der Waals surface area contributed by atoms with Gasteiger partial charge in [-0.05, 0) is 59.5 Å². The fraction of sp³-hybridized carbons (Fsp3) is 0.208. The number of carbonyl (C=O) groups is 1. The first-order chi connectivity index (χ1) is 14.0. The fourth-order valence-corrected chi connectivity index (χ4v) is 4.03. The van der Waals surface area contributed by atoms with Crippen molar-refractivity contribution in [3.05, 3.63) is 105 Å². The SMILES string of the molecule is COC(C)c1ccc2c(c1)C(=O)N(Cc1ccc(Cl)cc1)C2c1ccc(Cl)cc1. The summed E-state index contributed by atoms with van der Waals surface area (Å²) in [6.07, 6.45) is -0.0765. The first-order valence-corrected chi connectivity index (χ1v) is 10.2. The largest absolute Gasteiger partial charge is 0.377 e. The van der Waals surface area contributed by atoms with E-state index in [0.717, 1.165) is 27.8 Å². The van der Waals surface area contributed by atoms with E-state index in [1.165, 1.54) is 0 Å².